The highest BCUT2D eigenvalue weighted by Crippen LogP contribution is 2.26. The van der Waals surface area contributed by atoms with Gasteiger partial charge in [0.05, 0.1) is 12.7 Å². The molecule has 0 saturated heterocycles. The van der Waals surface area contributed by atoms with Crippen molar-refractivity contribution in [3.05, 3.63) is 40.3 Å². The Labute approximate surface area is 109 Å². The van der Waals surface area contributed by atoms with E-state index in [4.69, 9.17) is 4.42 Å². The number of halogens is 1. The van der Waals surface area contributed by atoms with Gasteiger partial charge in [-0.3, -0.25) is 0 Å². The van der Waals surface area contributed by atoms with Crippen LogP contribution in [0, 0.1) is 6.92 Å². The maximum Gasteiger partial charge on any atom is 0.208 e. The molecule has 0 radical (unpaired) electrons. The fourth-order valence-corrected chi connectivity index (χ4v) is 1.88. The molecule has 0 saturated carbocycles. The third-order valence-corrected chi connectivity index (χ3v) is 3.39. The average Bonchev–Trinajstić information content (AvgIpc) is 2.79. The lowest BCUT2D eigenvalue weighted by Gasteiger charge is -2.01. The molecule has 0 unspecified atom stereocenters. The summed E-state index contributed by atoms with van der Waals surface area (Å²) in [5.74, 6) is 1.53. The third kappa shape index (κ3) is 2.96. The lowest BCUT2D eigenvalue weighted by molar-refractivity contribution is 0.482. The van der Waals surface area contributed by atoms with Gasteiger partial charge in [0.15, 0.2) is 5.76 Å². The Bertz CT molecular complexity index is 508. The van der Waals surface area contributed by atoms with E-state index in [0.717, 1.165) is 28.2 Å². The predicted molar refractivity (Wildman–Crippen MR) is 71.8 cm³/mol. The third-order valence-electron chi connectivity index (χ3n) is 2.54. The highest BCUT2D eigenvalue weighted by atomic mass is 79.9. The van der Waals surface area contributed by atoms with Crippen LogP contribution in [0.15, 0.2) is 33.3 Å². The van der Waals surface area contributed by atoms with E-state index < -0.39 is 0 Å². The molecule has 0 atom stereocenters. The summed E-state index contributed by atoms with van der Waals surface area (Å²) in [6.07, 6.45) is 1.77. The zero-order chi connectivity index (χ0) is 12.3. The van der Waals surface area contributed by atoms with E-state index in [9.17, 15) is 0 Å². The summed E-state index contributed by atoms with van der Waals surface area (Å²) in [6.45, 7) is 5.70. The van der Waals surface area contributed by atoms with Crippen molar-refractivity contribution in [3.63, 3.8) is 0 Å². The molecule has 17 heavy (non-hydrogen) atoms. The summed E-state index contributed by atoms with van der Waals surface area (Å²) in [5.41, 5.74) is 2.25. The van der Waals surface area contributed by atoms with Gasteiger partial charge in [-0.15, -0.1) is 0 Å². The number of nitrogens with zero attached hydrogens (tertiary/aromatic N) is 1. The monoisotopic (exact) mass is 294 g/mol. The standard InChI is InChI=1S/C13H15BrN2O/c1-3-15-8-13-16-7-12(17-13)10-5-4-9(2)11(14)6-10/h4-7,15H,3,8H2,1-2H3. The van der Waals surface area contributed by atoms with Crippen molar-refractivity contribution < 1.29 is 4.42 Å². The lowest BCUT2D eigenvalue weighted by atomic mass is 10.1. The fraction of sp³-hybridized carbons (Fsp3) is 0.308. The summed E-state index contributed by atoms with van der Waals surface area (Å²) in [7, 11) is 0. The number of aryl methyl sites for hydroxylation is 1. The molecule has 3 nitrogen and oxygen atoms in total. The van der Waals surface area contributed by atoms with Crippen molar-refractivity contribution in [2.75, 3.05) is 6.54 Å². The van der Waals surface area contributed by atoms with Gasteiger partial charge in [-0.25, -0.2) is 4.98 Å². The lowest BCUT2D eigenvalue weighted by Crippen LogP contribution is -2.11. The van der Waals surface area contributed by atoms with Gasteiger partial charge in [-0.05, 0) is 25.1 Å². The number of rotatable bonds is 4. The van der Waals surface area contributed by atoms with Crippen LogP contribution >= 0.6 is 15.9 Å². The Kier molecular flexibility index (Phi) is 3.97. The smallest absolute Gasteiger partial charge is 0.208 e. The van der Waals surface area contributed by atoms with Crippen molar-refractivity contribution in [2.24, 2.45) is 0 Å². The number of oxazole rings is 1. The van der Waals surface area contributed by atoms with Gasteiger partial charge in [0.2, 0.25) is 5.89 Å². The normalized spacial score (nSPS) is 10.8. The molecule has 0 aliphatic carbocycles. The summed E-state index contributed by atoms with van der Waals surface area (Å²) in [4.78, 5) is 4.24. The molecular formula is C13H15BrN2O. The van der Waals surface area contributed by atoms with E-state index in [0.29, 0.717) is 6.54 Å². The second-order valence-electron chi connectivity index (χ2n) is 3.86. The molecule has 0 bridgehead atoms. The second-order valence-corrected chi connectivity index (χ2v) is 4.72. The zero-order valence-corrected chi connectivity index (χ0v) is 11.5. The van der Waals surface area contributed by atoms with Crippen LogP contribution in [0.2, 0.25) is 0 Å². The van der Waals surface area contributed by atoms with Gasteiger partial charge in [0, 0.05) is 10.0 Å². The first kappa shape index (κ1) is 12.3. The zero-order valence-electron chi connectivity index (χ0n) is 9.96. The van der Waals surface area contributed by atoms with Crippen molar-refractivity contribution in [3.8, 4) is 11.3 Å². The quantitative estimate of drug-likeness (QED) is 0.937. The van der Waals surface area contributed by atoms with Crippen LogP contribution in [0.4, 0.5) is 0 Å². The molecule has 4 heteroatoms. The molecule has 0 spiro atoms. The molecule has 0 fully saturated rings. The van der Waals surface area contributed by atoms with Gasteiger partial charge in [-0.1, -0.05) is 35.0 Å². The number of hydrogen-bond donors (Lipinski definition) is 1. The Morgan fingerprint density at radius 3 is 2.94 bits per heavy atom. The largest absolute Gasteiger partial charge is 0.439 e. The molecule has 1 heterocycles. The molecule has 0 aliphatic rings. The van der Waals surface area contributed by atoms with Crippen molar-refractivity contribution in [1.82, 2.24) is 10.3 Å². The first-order valence-electron chi connectivity index (χ1n) is 5.62. The first-order valence-corrected chi connectivity index (χ1v) is 6.42. The molecule has 1 aromatic heterocycles. The van der Waals surface area contributed by atoms with E-state index in [-0.39, 0.29) is 0 Å². The summed E-state index contributed by atoms with van der Waals surface area (Å²) in [5, 5.41) is 3.18. The SMILES string of the molecule is CCNCc1ncc(-c2ccc(C)c(Br)c2)o1. The van der Waals surface area contributed by atoms with Gasteiger partial charge in [-0.2, -0.15) is 0 Å². The van der Waals surface area contributed by atoms with E-state index in [1.807, 2.05) is 12.1 Å². The van der Waals surface area contributed by atoms with Crippen LogP contribution in [0.1, 0.15) is 18.4 Å². The Hall–Kier alpha value is -1.13. The van der Waals surface area contributed by atoms with Crippen LogP contribution in [-0.2, 0) is 6.54 Å². The van der Waals surface area contributed by atoms with Crippen LogP contribution in [-0.4, -0.2) is 11.5 Å². The molecular weight excluding hydrogens is 280 g/mol. The van der Waals surface area contributed by atoms with Crippen LogP contribution in [0.25, 0.3) is 11.3 Å². The maximum atomic E-state index is 5.67. The minimum atomic E-state index is 0.670. The number of benzene rings is 1. The predicted octanol–water partition coefficient (Wildman–Crippen LogP) is 3.52. The van der Waals surface area contributed by atoms with E-state index in [1.54, 1.807) is 6.20 Å². The minimum Gasteiger partial charge on any atom is -0.439 e. The summed E-state index contributed by atoms with van der Waals surface area (Å²) < 4.78 is 6.76. The number of nitrogens with one attached hydrogen (secondary N) is 1. The van der Waals surface area contributed by atoms with Crippen molar-refractivity contribution in [2.45, 2.75) is 20.4 Å². The molecule has 0 aliphatic heterocycles. The molecule has 2 aromatic rings. The molecule has 0 amide bonds. The van der Waals surface area contributed by atoms with E-state index in [1.165, 1.54) is 5.56 Å². The average molecular weight is 295 g/mol. The van der Waals surface area contributed by atoms with Gasteiger partial charge >= 0.3 is 0 Å². The first-order chi connectivity index (χ1) is 8.20. The molecule has 90 valence electrons. The molecule has 1 aromatic carbocycles. The van der Waals surface area contributed by atoms with E-state index >= 15 is 0 Å². The second kappa shape index (κ2) is 5.47. The highest BCUT2D eigenvalue weighted by Gasteiger charge is 2.07. The van der Waals surface area contributed by atoms with Crippen LogP contribution in [0.3, 0.4) is 0 Å². The molecule has 1 N–H and O–H groups in total. The molecule has 2 rings (SSSR count). The summed E-state index contributed by atoms with van der Waals surface area (Å²) >= 11 is 3.52. The topological polar surface area (TPSA) is 38.1 Å². The van der Waals surface area contributed by atoms with Crippen molar-refractivity contribution >= 4 is 15.9 Å². The van der Waals surface area contributed by atoms with Gasteiger partial charge < -0.3 is 9.73 Å². The number of hydrogen-bond acceptors (Lipinski definition) is 3. The number of aromatic nitrogens is 1. The van der Waals surface area contributed by atoms with Gasteiger partial charge in [0.1, 0.15) is 0 Å². The minimum absolute atomic E-state index is 0.670. The van der Waals surface area contributed by atoms with Gasteiger partial charge in [0.25, 0.3) is 0 Å². The van der Waals surface area contributed by atoms with E-state index in [2.05, 4.69) is 46.1 Å². The Morgan fingerprint density at radius 2 is 2.24 bits per heavy atom. The maximum absolute atomic E-state index is 5.67. The fourth-order valence-electron chi connectivity index (χ4n) is 1.50. The Morgan fingerprint density at radius 1 is 1.41 bits per heavy atom. The van der Waals surface area contributed by atoms with Crippen molar-refractivity contribution in [1.29, 1.82) is 0 Å². The van der Waals surface area contributed by atoms with Crippen LogP contribution in [0.5, 0.6) is 0 Å². The summed E-state index contributed by atoms with van der Waals surface area (Å²) in [6, 6.07) is 6.15. The van der Waals surface area contributed by atoms with Crippen LogP contribution < -0.4 is 5.32 Å². The Balaban J connectivity index is 2.21. The highest BCUT2D eigenvalue weighted by molar-refractivity contribution is 9.10.